The van der Waals surface area contributed by atoms with Crippen molar-refractivity contribution in [1.29, 1.82) is 0 Å². The van der Waals surface area contributed by atoms with E-state index in [1.807, 2.05) is 37.3 Å². The fourth-order valence-electron chi connectivity index (χ4n) is 1.47. The molecule has 2 aromatic rings. The molecule has 0 atom stereocenters. The monoisotopic (exact) mass is 200 g/mol. The van der Waals surface area contributed by atoms with Crippen LogP contribution in [0.4, 0.5) is 0 Å². The van der Waals surface area contributed by atoms with Gasteiger partial charge in [-0.05, 0) is 31.2 Å². The minimum Gasteiger partial charge on any atom is -0.496 e. The number of benzene rings is 1. The second-order valence-electron chi connectivity index (χ2n) is 3.31. The smallest absolute Gasteiger partial charge is 0.128 e. The number of ether oxygens (including phenoxy) is 1. The number of rotatable bonds is 2. The van der Waals surface area contributed by atoms with E-state index in [4.69, 9.17) is 4.74 Å². The van der Waals surface area contributed by atoms with Crippen molar-refractivity contribution in [2.24, 2.45) is 0 Å². The average Bonchev–Trinajstić information content (AvgIpc) is 2.30. The predicted octanol–water partition coefficient (Wildman–Crippen LogP) is 2.46. The fourth-order valence-corrected chi connectivity index (χ4v) is 1.47. The van der Waals surface area contributed by atoms with Gasteiger partial charge < -0.3 is 4.74 Å². The number of aryl methyl sites for hydroxylation is 1. The summed E-state index contributed by atoms with van der Waals surface area (Å²) in [5.74, 6) is 0.820. The molecule has 1 aromatic heterocycles. The highest BCUT2D eigenvalue weighted by Gasteiger charge is 2.06. The zero-order chi connectivity index (χ0) is 10.7. The normalized spacial score (nSPS) is 10.0. The van der Waals surface area contributed by atoms with Crippen molar-refractivity contribution in [2.75, 3.05) is 7.11 Å². The molecule has 0 spiro atoms. The lowest BCUT2D eigenvalue weighted by atomic mass is 10.1. The highest BCUT2D eigenvalue weighted by Crippen LogP contribution is 2.28. The van der Waals surface area contributed by atoms with E-state index in [1.54, 1.807) is 13.3 Å². The molecule has 0 aliphatic carbocycles. The van der Waals surface area contributed by atoms with Gasteiger partial charge in [-0.2, -0.15) is 10.2 Å². The summed E-state index contributed by atoms with van der Waals surface area (Å²) in [6, 6.07) is 9.79. The van der Waals surface area contributed by atoms with Gasteiger partial charge in [-0.15, -0.1) is 0 Å². The Labute approximate surface area is 88.7 Å². The third-order valence-corrected chi connectivity index (χ3v) is 2.20. The molecule has 0 aliphatic rings. The molecule has 3 nitrogen and oxygen atoms in total. The zero-order valence-electron chi connectivity index (χ0n) is 8.77. The lowest BCUT2D eigenvalue weighted by Gasteiger charge is -2.07. The van der Waals surface area contributed by atoms with E-state index in [0.29, 0.717) is 0 Å². The molecule has 1 heterocycles. The summed E-state index contributed by atoms with van der Waals surface area (Å²) < 4.78 is 5.29. The van der Waals surface area contributed by atoms with E-state index in [1.165, 1.54) is 5.56 Å². The van der Waals surface area contributed by atoms with Gasteiger partial charge in [0.1, 0.15) is 5.75 Å². The zero-order valence-corrected chi connectivity index (χ0v) is 8.77. The van der Waals surface area contributed by atoms with Gasteiger partial charge in [0.15, 0.2) is 0 Å². The van der Waals surface area contributed by atoms with Gasteiger partial charge in [-0.3, -0.25) is 0 Å². The van der Waals surface area contributed by atoms with Crippen molar-refractivity contribution in [3.8, 4) is 17.0 Å². The SMILES string of the molecule is COc1ccc(C)cc1-c1cccnn1. The van der Waals surface area contributed by atoms with Crippen LogP contribution in [0.3, 0.4) is 0 Å². The second-order valence-corrected chi connectivity index (χ2v) is 3.31. The molecule has 0 unspecified atom stereocenters. The van der Waals surface area contributed by atoms with Crippen molar-refractivity contribution < 1.29 is 4.74 Å². The molecule has 0 bridgehead atoms. The van der Waals surface area contributed by atoms with Crippen LogP contribution < -0.4 is 4.74 Å². The molecule has 0 amide bonds. The van der Waals surface area contributed by atoms with Crippen LogP contribution in [-0.4, -0.2) is 17.3 Å². The maximum atomic E-state index is 5.29. The van der Waals surface area contributed by atoms with Crippen LogP contribution in [-0.2, 0) is 0 Å². The summed E-state index contributed by atoms with van der Waals surface area (Å²) in [4.78, 5) is 0. The third-order valence-electron chi connectivity index (χ3n) is 2.20. The number of hydrogen-bond donors (Lipinski definition) is 0. The molecule has 15 heavy (non-hydrogen) atoms. The Hall–Kier alpha value is -1.90. The van der Waals surface area contributed by atoms with Crippen LogP contribution in [0, 0.1) is 6.92 Å². The molecule has 0 saturated carbocycles. The number of aromatic nitrogens is 2. The summed E-state index contributed by atoms with van der Waals surface area (Å²) in [5.41, 5.74) is 2.99. The molecular formula is C12H12N2O. The minimum absolute atomic E-state index is 0.820. The maximum Gasteiger partial charge on any atom is 0.128 e. The van der Waals surface area contributed by atoms with Gasteiger partial charge in [-0.1, -0.05) is 11.6 Å². The van der Waals surface area contributed by atoms with E-state index in [-0.39, 0.29) is 0 Å². The van der Waals surface area contributed by atoms with E-state index < -0.39 is 0 Å². The highest BCUT2D eigenvalue weighted by molar-refractivity contribution is 5.67. The van der Waals surface area contributed by atoms with Gasteiger partial charge in [0, 0.05) is 11.8 Å². The van der Waals surface area contributed by atoms with Gasteiger partial charge in [0.05, 0.1) is 12.8 Å². The summed E-state index contributed by atoms with van der Waals surface area (Å²) >= 11 is 0. The Morgan fingerprint density at radius 1 is 1.20 bits per heavy atom. The van der Waals surface area contributed by atoms with Gasteiger partial charge in [0.25, 0.3) is 0 Å². The Bertz CT molecular complexity index is 454. The minimum atomic E-state index is 0.820. The quantitative estimate of drug-likeness (QED) is 0.747. The molecule has 0 radical (unpaired) electrons. The summed E-state index contributed by atoms with van der Waals surface area (Å²) in [5, 5.41) is 7.93. The van der Waals surface area contributed by atoms with Crippen molar-refractivity contribution in [1.82, 2.24) is 10.2 Å². The number of nitrogens with zero attached hydrogens (tertiary/aromatic N) is 2. The third kappa shape index (κ3) is 1.96. The van der Waals surface area contributed by atoms with Crippen molar-refractivity contribution in [2.45, 2.75) is 6.92 Å². The molecule has 0 fully saturated rings. The number of methoxy groups -OCH3 is 1. The van der Waals surface area contributed by atoms with Gasteiger partial charge >= 0.3 is 0 Å². The van der Waals surface area contributed by atoms with Crippen molar-refractivity contribution >= 4 is 0 Å². The summed E-state index contributed by atoms with van der Waals surface area (Å²) in [6.45, 7) is 2.04. The first-order chi connectivity index (χ1) is 7.31. The van der Waals surface area contributed by atoms with Gasteiger partial charge in [0.2, 0.25) is 0 Å². The molecule has 0 N–H and O–H groups in total. The molecule has 0 saturated heterocycles. The van der Waals surface area contributed by atoms with Crippen LogP contribution in [0.15, 0.2) is 36.5 Å². The summed E-state index contributed by atoms with van der Waals surface area (Å²) in [6.07, 6.45) is 1.66. The van der Waals surface area contributed by atoms with Crippen LogP contribution in [0.25, 0.3) is 11.3 Å². The van der Waals surface area contributed by atoms with Crippen LogP contribution in [0.2, 0.25) is 0 Å². The van der Waals surface area contributed by atoms with Crippen LogP contribution in [0.1, 0.15) is 5.56 Å². The molecule has 2 rings (SSSR count). The van der Waals surface area contributed by atoms with Crippen molar-refractivity contribution in [3.05, 3.63) is 42.1 Å². The first kappa shape index (κ1) is 9.65. The molecular weight excluding hydrogens is 188 g/mol. The van der Waals surface area contributed by atoms with E-state index in [9.17, 15) is 0 Å². The topological polar surface area (TPSA) is 35.0 Å². The van der Waals surface area contributed by atoms with Crippen LogP contribution >= 0.6 is 0 Å². The molecule has 0 aliphatic heterocycles. The van der Waals surface area contributed by atoms with Crippen molar-refractivity contribution in [3.63, 3.8) is 0 Å². The lowest BCUT2D eigenvalue weighted by Crippen LogP contribution is -1.91. The van der Waals surface area contributed by atoms with E-state index in [0.717, 1.165) is 17.0 Å². The predicted molar refractivity (Wildman–Crippen MR) is 58.8 cm³/mol. The first-order valence-corrected chi connectivity index (χ1v) is 4.74. The Morgan fingerprint density at radius 2 is 2.07 bits per heavy atom. The van der Waals surface area contributed by atoms with E-state index >= 15 is 0 Å². The van der Waals surface area contributed by atoms with E-state index in [2.05, 4.69) is 10.2 Å². The van der Waals surface area contributed by atoms with Gasteiger partial charge in [-0.25, -0.2) is 0 Å². The van der Waals surface area contributed by atoms with Crippen LogP contribution in [0.5, 0.6) is 5.75 Å². The average molecular weight is 200 g/mol. The standard InChI is InChI=1S/C12H12N2O/c1-9-5-6-12(15-2)10(8-9)11-4-3-7-13-14-11/h3-8H,1-2H3. The Morgan fingerprint density at radius 3 is 2.73 bits per heavy atom. The largest absolute Gasteiger partial charge is 0.496 e. The molecule has 76 valence electrons. The molecule has 1 aromatic carbocycles. The molecule has 3 heteroatoms. The highest BCUT2D eigenvalue weighted by atomic mass is 16.5. The fraction of sp³-hybridized carbons (Fsp3) is 0.167. The first-order valence-electron chi connectivity index (χ1n) is 4.74. The summed E-state index contributed by atoms with van der Waals surface area (Å²) in [7, 11) is 1.66. The Balaban J connectivity index is 2.56. The lowest BCUT2D eigenvalue weighted by molar-refractivity contribution is 0.416. The number of hydrogen-bond acceptors (Lipinski definition) is 3. The Kier molecular flexibility index (Phi) is 2.63. The maximum absolute atomic E-state index is 5.29. The second kappa shape index (κ2) is 4.09.